The molecule has 20 heavy (non-hydrogen) atoms. The van der Waals surface area contributed by atoms with E-state index in [1.165, 1.54) is 0 Å². The van der Waals surface area contributed by atoms with E-state index in [-0.39, 0.29) is 10.5 Å². The minimum atomic E-state index is -1.03. The van der Waals surface area contributed by atoms with E-state index in [4.69, 9.17) is 4.42 Å². The summed E-state index contributed by atoms with van der Waals surface area (Å²) < 4.78 is 5.54. The van der Waals surface area contributed by atoms with Gasteiger partial charge in [-0.2, -0.15) is 11.8 Å². The molecule has 2 N–H and O–H groups in total. The molecule has 0 saturated carbocycles. The van der Waals surface area contributed by atoms with Crippen LogP contribution >= 0.6 is 11.8 Å². The van der Waals surface area contributed by atoms with Crippen molar-refractivity contribution >= 4 is 28.7 Å². The van der Waals surface area contributed by atoms with Gasteiger partial charge in [-0.25, -0.2) is 4.79 Å². The van der Waals surface area contributed by atoms with Gasteiger partial charge in [-0.1, -0.05) is 18.2 Å². The number of benzene rings is 1. The Labute approximate surface area is 122 Å². The van der Waals surface area contributed by atoms with E-state index < -0.39 is 5.97 Å². The van der Waals surface area contributed by atoms with E-state index in [0.717, 1.165) is 11.9 Å². The SMILES string of the molecule is CSC(C)(C)CNCc1c(C(=O)O)oc2ccccc12. The van der Waals surface area contributed by atoms with Crippen molar-refractivity contribution in [2.24, 2.45) is 0 Å². The van der Waals surface area contributed by atoms with Crippen LogP contribution in [0.5, 0.6) is 0 Å². The number of carbonyl (C=O) groups is 1. The third kappa shape index (κ3) is 3.16. The van der Waals surface area contributed by atoms with Crippen LogP contribution in [0.1, 0.15) is 30.0 Å². The highest BCUT2D eigenvalue weighted by Crippen LogP contribution is 2.26. The van der Waals surface area contributed by atoms with Gasteiger partial charge in [0.15, 0.2) is 0 Å². The fraction of sp³-hybridized carbons (Fsp3) is 0.400. The molecule has 2 rings (SSSR count). The largest absolute Gasteiger partial charge is 0.475 e. The number of hydrogen-bond donors (Lipinski definition) is 2. The molecule has 0 atom stereocenters. The maximum Gasteiger partial charge on any atom is 0.372 e. The molecule has 0 aliphatic rings. The van der Waals surface area contributed by atoms with Gasteiger partial charge in [0.05, 0.1) is 0 Å². The fourth-order valence-corrected chi connectivity index (χ4v) is 2.25. The van der Waals surface area contributed by atoms with Crippen molar-refractivity contribution in [3.8, 4) is 0 Å². The van der Waals surface area contributed by atoms with Crippen LogP contribution in [0.3, 0.4) is 0 Å². The molecular weight excluding hydrogens is 274 g/mol. The van der Waals surface area contributed by atoms with Crippen molar-refractivity contribution in [1.29, 1.82) is 0 Å². The molecule has 5 heteroatoms. The highest BCUT2D eigenvalue weighted by Gasteiger charge is 2.21. The summed E-state index contributed by atoms with van der Waals surface area (Å²) in [4.78, 5) is 11.3. The summed E-state index contributed by atoms with van der Waals surface area (Å²) in [6.07, 6.45) is 2.07. The molecule has 0 aliphatic carbocycles. The lowest BCUT2D eigenvalue weighted by molar-refractivity contribution is 0.0663. The van der Waals surface area contributed by atoms with Gasteiger partial charge in [0, 0.05) is 28.8 Å². The van der Waals surface area contributed by atoms with Gasteiger partial charge in [-0.05, 0) is 26.2 Å². The van der Waals surface area contributed by atoms with Crippen LogP contribution in [0.2, 0.25) is 0 Å². The van der Waals surface area contributed by atoms with Crippen LogP contribution in [0.4, 0.5) is 0 Å². The Balaban J connectivity index is 2.24. The predicted molar refractivity (Wildman–Crippen MR) is 82.5 cm³/mol. The molecule has 108 valence electrons. The average Bonchev–Trinajstić information content (AvgIpc) is 2.78. The Hall–Kier alpha value is -1.46. The lowest BCUT2D eigenvalue weighted by Crippen LogP contribution is -2.31. The van der Waals surface area contributed by atoms with Gasteiger partial charge < -0.3 is 14.8 Å². The number of thioether (sulfide) groups is 1. The van der Waals surface area contributed by atoms with Gasteiger partial charge in [0.2, 0.25) is 5.76 Å². The number of furan rings is 1. The highest BCUT2D eigenvalue weighted by atomic mass is 32.2. The first kappa shape index (κ1) is 14.9. The zero-order chi connectivity index (χ0) is 14.8. The first-order valence-electron chi connectivity index (χ1n) is 6.44. The van der Waals surface area contributed by atoms with E-state index in [2.05, 4.69) is 25.4 Å². The van der Waals surface area contributed by atoms with Crippen LogP contribution in [0, 0.1) is 0 Å². The molecule has 1 heterocycles. The quantitative estimate of drug-likeness (QED) is 0.855. The molecule has 1 aromatic heterocycles. The number of nitrogens with one attached hydrogen (secondary N) is 1. The second-order valence-electron chi connectivity index (χ2n) is 5.28. The standard InChI is InChI=1S/C15H19NO3S/c1-15(2,20-3)9-16-8-11-10-6-4-5-7-12(10)19-13(11)14(17)18/h4-7,16H,8-9H2,1-3H3,(H,17,18). The second kappa shape index (κ2) is 5.89. The lowest BCUT2D eigenvalue weighted by Gasteiger charge is -2.22. The van der Waals surface area contributed by atoms with Gasteiger partial charge in [-0.3, -0.25) is 0 Å². The molecule has 2 aromatic rings. The molecule has 0 spiro atoms. The van der Waals surface area contributed by atoms with Crippen molar-refractivity contribution in [2.45, 2.75) is 25.1 Å². The second-order valence-corrected chi connectivity index (χ2v) is 6.79. The molecule has 0 saturated heterocycles. The highest BCUT2D eigenvalue weighted by molar-refractivity contribution is 7.99. The van der Waals surface area contributed by atoms with E-state index >= 15 is 0 Å². The molecule has 0 aliphatic heterocycles. The summed E-state index contributed by atoms with van der Waals surface area (Å²) >= 11 is 1.78. The predicted octanol–water partition coefficient (Wildman–Crippen LogP) is 3.36. The van der Waals surface area contributed by atoms with Crippen molar-refractivity contribution in [1.82, 2.24) is 5.32 Å². The van der Waals surface area contributed by atoms with Crippen LogP contribution < -0.4 is 5.32 Å². The summed E-state index contributed by atoms with van der Waals surface area (Å²) in [5, 5.41) is 13.4. The first-order chi connectivity index (χ1) is 9.44. The van der Waals surface area contributed by atoms with Gasteiger partial charge >= 0.3 is 5.97 Å². The van der Waals surface area contributed by atoms with Crippen molar-refractivity contribution in [2.75, 3.05) is 12.8 Å². The first-order valence-corrected chi connectivity index (χ1v) is 7.66. The molecule has 0 fully saturated rings. The van der Waals surface area contributed by atoms with Crippen LogP contribution in [-0.4, -0.2) is 28.6 Å². The molecule has 0 unspecified atom stereocenters. The Morgan fingerprint density at radius 3 is 2.75 bits per heavy atom. The number of fused-ring (bicyclic) bond motifs is 1. The Bertz CT molecular complexity index is 619. The third-order valence-corrected chi connectivity index (χ3v) is 4.55. The summed E-state index contributed by atoms with van der Waals surface area (Å²) in [5.41, 5.74) is 1.33. The third-order valence-electron chi connectivity index (χ3n) is 3.30. The van der Waals surface area contributed by atoms with Crippen molar-refractivity contribution < 1.29 is 14.3 Å². The van der Waals surface area contributed by atoms with E-state index in [1.54, 1.807) is 17.8 Å². The number of rotatable bonds is 6. The zero-order valence-electron chi connectivity index (χ0n) is 11.9. The summed E-state index contributed by atoms with van der Waals surface area (Å²) in [7, 11) is 0. The lowest BCUT2D eigenvalue weighted by atomic mass is 10.1. The number of aromatic carboxylic acids is 1. The number of carboxylic acids is 1. The maximum atomic E-state index is 11.3. The minimum Gasteiger partial charge on any atom is -0.475 e. The normalized spacial score (nSPS) is 11.9. The van der Waals surface area contributed by atoms with E-state index in [9.17, 15) is 9.90 Å². The molecular formula is C15H19NO3S. The Morgan fingerprint density at radius 1 is 1.40 bits per heavy atom. The van der Waals surface area contributed by atoms with Gasteiger partial charge in [0.25, 0.3) is 0 Å². The zero-order valence-corrected chi connectivity index (χ0v) is 12.7. The molecule has 4 nitrogen and oxygen atoms in total. The van der Waals surface area contributed by atoms with Gasteiger partial charge in [0.1, 0.15) is 5.58 Å². The summed E-state index contributed by atoms with van der Waals surface area (Å²) in [6, 6.07) is 7.41. The molecule has 1 aromatic carbocycles. The van der Waals surface area contributed by atoms with Crippen LogP contribution in [-0.2, 0) is 6.54 Å². The molecule has 0 amide bonds. The maximum absolute atomic E-state index is 11.3. The molecule has 0 bridgehead atoms. The fourth-order valence-electron chi connectivity index (χ4n) is 2.01. The smallest absolute Gasteiger partial charge is 0.372 e. The average molecular weight is 293 g/mol. The van der Waals surface area contributed by atoms with Crippen LogP contribution in [0.25, 0.3) is 11.0 Å². The topological polar surface area (TPSA) is 62.5 Å². The van der Waals surface area contributed by atoms with Gasteiger partial charge in [-0.15, -0.1) is 0 Å². The summed E-state index contributed by atoms with van der Waals surface area (Å²) in [6.45, 7) is 5.59. The van der Waals surface area contributed by atoms with E-state index in [0.29, 0.717) is 17.7 Å². The Morgan fingerprint density at radius 2 is 2.10 bits per heavy atom. The van der Waals surface area contributed by atoms with Crippen molar-refractivity contribution in [3.63, 3.8) is 0 Å². The number of hydrogen-bond acceptors (Lipinski definition) is 4. The van der Waals surface area contributed by atoms with Crippen LogP contribution in [0.15, 0.2) is 28.7 Å². The van der Waals surface area contributed by atoms with Crippen molar-refractivity contribution in [3.05, 3.63) is 35.6 Å². The Kier molecular flexibility index (Phi) is 4.40. The molecule has 0 radical (unpaired) electrons. The monoisotopic (exact) mass is 293 g/mol. The van der Waals surface area contributed by atoms with E-state index in [1.807, 2.05) is 18.2 Å². The number of carboxylic acid groups (broad SMARTS) is 1. The number of para-hydroxylation sites is 1. The summed E-state index contributed by atoms with van der Waals surface area (Å²) in [5.74, 6) is -0.997. The minimum absolute atomic E-state index is 0.0284.